The second-order valence-corrected chi connectivity index (χ2v) is 4.09. The zero-order valence-corrected chi connectivity index (χ0v) is 10.1. The second-order valence-electron chi connectivity index (χ2n) is 4.09. The standard InChI is InChI=1S/C13H15N3O2/c1-2-12(13(17)18)16-8-10(7-15-16)9-3-5-11(14)6-4-9/h3-8,12H,2,14H2,1H3,(H,17,18). The number of rotatable bonds is 4. The van der Waals surface area contributed by atoms with Crippen molar-refractivity contribution in [3.63, 3.8) is 0 Å². The Morgan fingerprint density at radius 2 is 2.06 bits per heavy atom. The summed E-state index contributed by atoms with van der Waals surface area (Å²) in [6.45, 7) is 1.82. The van der Waals surface area contributed by atoms with Crippen molar-refractivity contribution < 1.29 is 9.90 Å². The number of carboxylic acids is 1. The molecule has 0 bridgehead atoms. The van der Waals surface area contributed by atoms with Gasteiger partial charge in [0.05, 0.1) is 6.20 Å². The normalized spacial score (nSPS) is 12.3. The predicted octanol–water partition coefficient (Wildman–Crippen LogP) is 2.17. The average molecular weight is 245 g/mol. The van der Waals surface area contributed by atoms with Crippen LogP contribution in [0, 0.1) is 0 Å². The van der Waals surface area contributed by atoms with Gasteiger partial charge in [-0.15, -0.1) is 0 Å². The van der Waals surface area contributed by atoms with Crippen molar-refractivity contribution in [2.75, 3.05) is 5.73 Å². The minimum atomic E-state index is -0.871. The van der Waals surface area contributed by atoms with Crippen molar-refractivity contribution in [2.24, 2.45) is 0 Å². The van der Waals surface area contributed by atoms with Crippen LogP contribution in [0.5, 0.6) is 0 Å². The quantitative estimate of drug-likeness (QED) is 0.809. The lowest BCUT2D eigenvalue weighted by atomic mass is 10.1. The molecular formula is C13H15N3O2. The molecule has 2 rings (SSSR count). The molecule has 0 spiro atoms. The summed E-state index contributed by atoms with van der Waals surface area (Å²) in [7, 11) is 0. The number of nitrogen functional groups attached to an aromatic ring is 1. The van der Waals surface area contributed by atoms with E-state index in [2.05, 4.69) is 5.10 Å². The lowest BCUT2D eigenvalue weighted by Gasteiger charge is -2.09. The maximum atomic E-state index is 11.0. The predicted molar refractivity (Wildman–Crippen MR) is 69.0 cm³/mol. The number of hydrogen-bond acceptors (Lipinski definition) is 3. The molecule has 3 N–H and O–H groups in total. The van der Waals surface area contributed by atoms with Gasteiger partial charge in [-0.1, -0.05) is 19.1 Å². The molecule has 0 aliphatic heterocycles. The van der Waals surface area contributed by atoms with E-state index in [0.29, 0.717) is 12.1 Å². The Balaban J connectivity index is 2.30. The van der Waals surface area contributed by atoms with E-state index in [1.165, 1.54) is 4.68 Å². The minimum absolute atomic E-state index is 0.498. The van der Waals surface area contributed by atoms with Gasteiger partial charge in [0.15, 0.2) is 0 Å². The monoisotopic (exact) mass is 245 g/mol. The van der Waals surface area contributed by atoms with Crippen LogP contribution in [0.2, 0.25) is 0 Å². The summed E-state index contributed by atoms with van der Waals surface area (Å²) >= 11 is 0. The van der Waals surface area contributed by atoms with Gasteiger partial charge in [0.25, 0.3) is 0 Å². The smallest absolute Gasteiger partial charge is 0.328 e. The zero-order chi connectivity index (χ0) is 13.1. The van der Waals surface area contributed by atoms with Crippen LogP contribution in [0.15, 0.2) is 36.7 Å². The summed E-state index contributed by atoms with van der Waals surface area (Å²) in [5.74, 6) is -0.871. The number of benzene rings is 1. The van der Waals surface area contributed by atoms with Gasteiger partial charge in [0, 0.05) is 17.4 Å². The van der Waals surface area contributed by atoms with Gasteiger partial charge in [-0.3, -0.25) is 4.68 Å². The summed E-state index contributed by atoms with van der Waals surface area (Å²) < 4.78 is 1.48. The van der Waals surface area contributed by atoms with Gasteiger partial charge < -0.3 is 10.8 Å². The van der Waals surface area contributed by atoms with Gasteiger partial charge in [0.1, 0.15) is 6.04 Å². The van der Waals surface area contributed by atoms with Crippen molar-refractivity contribution in [1.29, 1.82) is 0 Å². The van der Waals surface area contributed by atoms with Gasteiger partial charge in [-0.2, -0.15) is 5.10 Å². The van der Waals surface area contributed by atoms with Crippen molar-refractivity contribution in [2.45, 2.75) is 19.4 Å². The first-order valence-corrected chi connectivity index (χ1v) is 5.74. The fourth-order valence-electron chi connectivity index (χ4n) is 1.81. The van der Waals surface area contributed by atoms with Crippen LogP contribution >= 0.6 is 0 Å². The second kappa shape index (κ2) is 4.91. The van der Waals surface area contributed by atoms with Crippen molar-refractivity contribution >= 4 is 11.7 Å². The van der Waals surface area contributed by atoms with E-state index in [1.807, 2.05) is 19.1 Å². The molecule has 1 unspecified atom stereocenters. The van der Waals surface area contributed by atoms with E-state index >= 15 is 0 Å². The van der Waals surface area contributed by atoms with E-state index in [9.17, 15) is 4.79 Å². The molecule has 1 heterocycles. The lowest BCUT2D eigenvalue weighted by Crippen LogP contribution is -2.18. The summed E-state index contributed by atoms with van der Waals surface area (Å²) in [6, 6.07) is 6.77. The SMILES string of the molecule is CCC(C(=O)O)n1cc(-c2ccc(N)cc2)cn1. The third-order valence-electron chi connectivity index (χ3n) is 2.84. The molecule has 0 aliphatic rings. The minimum Gasteiger partial charge on any atom is -0.480 e. The molecule has 0 amide bonds. The van der Waals surface area contributed by atoms with E-state index in [4.69, 9.17) is 10.8 Å². The maximum absolute atomic E-state index is 11.0. The fraction of sp³-hybridized carbons (Fsp3) is 0.231. The molecule has 1 aromatic heterocycles. The highest BCUT2D eigenvalue weighted by Crippen LogP contribution is 2.22. The molecule has 0 saturated heterocycles. The number of anilines is 1. The summed E-state index contributed by atoms with van der Waals surface area (Å²) in [4.78, 5) is 11.0. The molecule has 94 valence electrons. The topological polar surface area (TPSA) is 81.1 Å². The molecule has 0 fully saturated rings. The first-order valence-electron chi connectivity index (χ1n) is 5.74. The molecular weight excluding hydrogens is 230 g/mol. The van der Waals surface area contributed by atoms with Gasteiger partial charge >= 0.3 is 5.97 Å². The van der Waals surface area contributed by atoms with Crippen LogP contribution in [0.4, 0.5) is 5.69 Å². The largest absolute Gasteiger partial charge is 0.480 e. The molecule has 1 atom stereocenters. The molecule has 5 heteroatoms. The van der Waals surface area contributed by atoms with Gasteiger partial charge in [-0.05, 0) is 24.1 Å². The third-order valence-corrected chi connectivity index (χ3v) is 2.84. The number of carbonyl (C=O) groups is 1. The summed E-state index contributed by atoms with van der Waals surface area (Å²) in [5.41, 5.74) is 8.17. The lowest BCUT2D eigenvalue weighted by molar-refractivity contribution is -0.141. The summed E-state index contributed by atoms with van der Waals surface area (Å²) in [5, 5.41) is 13.2. The first-order chi connectivity index (χ1) is 8.61. The first kappa shape index (κ1) is 12.2. The number of aromatic nitrogens is 2. The molecule has 1 aromatic carbocycles. The van der Waals surface area contributed by atoms with Crippen molar-refractivity contribution in [1.82, 2.24) is 9.78 Å². The number of hydrogen-bond donors (Lipinski definition) is 2. The Morgan fingerprint density at radius 3 is 2.61 bits per heavy atom. The molecule has 5 nitrogen and oxygen atoms in total. The van der Waals surface area contributed by atoms with Gasteiger partial charge in [0.2, 0.25) is 0 Å². The third kappa shape index (κ3) is 2.34. The summed E-state index contributed by atoms with van der Waals surface area (Å²) in [6.07, 6.45) is 3.91. The Morgan fingerprint density at radius 1 is 1.39 bits per heavy atom. The number of nitrogens with zero attached hydrogens (tertiary/aromatic N) is 2. The Hall–Kier alpha value is -2.30. The Kier molecular flexibility index (Phi) is 3.32. The van der Waals surface area contributed by atoms with E-state index in [-0.39, 0.29) is 0 Å². The van der Waals surface area contributed by atoms with Crippen molar-refractivity contribution in [3.05, 3.63) is 36.7 Å². The Bertz CT molecular complexity index is 546. The van der Waals surface area contributed by atoms with Crippen LogP contribution in [0.3, 0.4) is 0 Å². The van der Waals surface area contributed by atoms with E-state index in [0.717, 1.165) is 11.1 Å². The molecule has 0 saturated carbocycles. The van der Waals surface area contributed by atoms with E-state index < -0.39 is 12.0 Å². The molecule has 0 radical (unpaired) electrons. The van der Waals surface area contributed by atoms with Gasteiger partial charge in [-0.25, -0.2) is 4.79 Å². The highest BCUT2D eigenvalue weighted by molar-refractivity contribution is 5.72. The highest BCUT2D eigenvalue weighted by atomic mass is 16.4. The number of nitrogens with two attached hydrogens (primary N) is 1. The fourth-order valence-corrected chi connectivity index (χ4v) is 1.81. The average Bonchev–Trinajstić information content (AvgIpc) is 2.80. The van der Waals surface area contributed by atoms with E-state index in [1.54, 1.807) is 24.5 Å². The Labute approximate surface area is 105 Å². The highest BCUT2D eigenvalue weighted by Gasteiger charge is 2.18. The molecule has 2 aromatic rings. The van der Waals surface area contributed by atoms with Crippen LogP contribution in [-0.2, 0) is 4.79 Å². The molecule has 18 heavy (non-hydrogen) atoms. The van der Waals surface area contributed by atoms with Crippen LogP contribution in [-0.4, -0.2) is 20.9 Å². The number of aliphatic carboxylic acids is 1. The van der Waals surface area contributed by atoms with Crippen molar-refractivity contribution in [3.8, 4) is 11.1 Å². The van der Waals surface area contributed by atoms with Crippen LogP contribution in [0.1, 0.15) is 19.4 Å². The molecule has 0 aliphatic carbocycles. The van der Waals surface area contributed by atoms with Crippen LogP contribution < -0.4 is 5.73 Å². The zero-order valence-electron chi connectivity index (χ0n) is 10.1. The number of carboxylic acid groups (broad SMARTS) is 1. The van der Waals surface area contributed by atoms with Crippen LogP contribution in [0.25, 0.3) is 11.1 Å². The maximum Gasteiger partial charge on any atom is 0.328 e.